The van der Waals surface area contributed by atoms with Gasteiger partial charge in [-0.1, -0.05) is 6.07 Å². The first-order valence-corrected chi connectivity index (χ1v) is 8.17. The maximum absolute atomic E-state index is 6.19. The lowest BCUT2D eigenvalue weighted by atomic mass is 9.97. The fourth-order valence-electron chi connectivity index (χ4n) is 3.68. The van der Waals surface area contributed by atoms with E-state index in [0.717, 1.165) is 24.3 Å². The molecule has 2 aliphatic rings. The third kappa shape index (κ3) is 3.34. The van der Waals surface area contributed by atoms with Gasteiger partial charge in [-0.25, -0.2) is 0 Å². The summed E-state index contributed by atoms with van der Waals surface area (Å²) in [6.45, 7) is 0. The molecule has 3 rings (SSSR count). The second kappa shape index (κ2) is 6.69. The van der Waals surface area contributed by atoms with Crippen molar-refractivity contribution in [3.05, 3.63) is 23.8 Å². The predicted octanol–water partition coefficient (Wildman–Crippen LogP) is 4.30. The van der Waals surface area contributed by atoms with E-state index in [0.29, 0.717) is 18.1 Å². The van der Waals surface area contributed by atoms with Crippen LogP contribution < -0.4 is 9.47 Å². The Morgan fingerprint density at radius 3 is 2.38 bits per heavy atom. The average molecular weight is 290 g/mol. The number of rotatable bonds is 5. The first-order valence-electron chi connectivity index (χ1n) is 8.17. The van der Waals surface area contributed by atoms with E-state index >= 15 is 0 Å². The summed E-state index contributed by atoms with van der Waals surface area (Å²) in [6.07, 6.45) is 9.16. The van der Waals surface area contributed by atoms with Crippen LogP contribution in [-0.4, -0.2) is 26.4 Å². The number of methoxy groups -OCH3 is 2. The molecule has 0 heterocycles. The molecule has 21 heavy (non-hydrogen) atoms. The van der Waals surface area contributed by atoms with Crippen LogP contribution in [0.15, 0.2) is 18.2 Å². The molecule has 3 nitrogen and oxygen atoms in total. The topological polar surface area (TPSA) is 27.7 Å². The lowest BCUT2D eigenvalue weighted by Gasteiger charge is -2.18. The van der Waals surface area contributed by atoms with Crippen LogP contribution in [0.2, 0.25) is 0 Å². The largest absolute Gasteiger partial charge is 0.493 e. The standard InChI is InChI=1S/C18H26O3/c1-19-16-9-7-13(11-16)14-8-10-17(20-2)18(12-14)21-15-5-3-4-6-15/h8,10,12-13,15-16H,3-7,9,11H2,1-2H3/t13-,16+/m1/s1. The highest BCUT2D eigenvalue weighted by Crippen LogP contribution is 2.40. The van der Waals surface area contributed by atoms with Crippen molar-refractivity contribution in [2.75, 3.05) is 14.2 Å². The van der Waals surface area contributed by atoms with Gasteiger partial charge in [0.15, 0.2) is 11.5 Å². The lowest BCUT2D eigenvalue weighted by Crippen LogP contribution is -2.12. The van der Waals surface area contributed by atoms with Crippen molar-refractivity contribution < 1.29 is 14.2 Å². The van der Waals surface area contributed by atoms with Crippen molar-refractivity contribution in [2.24, 2.45) is 0 Å². The molecule has 0 bridgehead atoms. The van der Waals surface area contributed by atoms with Crippen LogP contribution in [0.3, 0.4) is 0 Å². The summed E-state index contributed by atoms with van der Waals surface area (Å²) in [5, 5.41) is 0. The van der Waals surface area contributed by atoms with Crippen molar-refractivity contribution in [2.45, 2.75) is 63.1 Å². The molecule has 0 unspecified atom stereocenters. The Kier molecular flexibility index (Phi) is 4.69. The van der Waals surface area contributed by atoms with Crippen molar-refractivity contribution in [3.63, 3.8) is 0 Å². The number of benzene rings is 1. The average Bonchev–Trinajstić information content (AvgIpc) is 3.18. The molecule has 1 aromatic carbocycles. The monoisotopic (exact) mass is 290 g/mol. The summed E-state index contributed by atoms with van der Waals surface area (Å²) in [6, 6.07) is 6.43. The van der Waals surface area contributed by atoms with Gasteiger partial charge in [0.1, 0.15) is 0 Å². The minimum Gasteiger partial charge on any atom is -0.493 e. The number of hydrogen-bond acceptors (Lipinski definition) is 3. The Balaban J connectivity index is 1.76. The highest BCUT2D eigenvalue weighted by atomic mass is 16.5. The summed E-state index contributed by atoms with van der Waals surface area (Å²) < 4.78 is 17.2. The predicted molar refractivity (Wildman–Crippen MR) is 83.3 cm³/mol. The molecule has 0 radical (unpaired) electrons. The van der Waals surface area contributed by atoms with Crippen LogP contribution in [0, 0.1) is 0 Å². The van der Waals surface area contributed by atoms with Crippen LogP contribution in [0.5, 0.6) is 11.5 Å². The minimum absolute atomic E-state index is 0.365. The first-order chi connectivity index (χ1) is 10.3. The lowest BCUT2D eigenvalue weighted by molar-refractivity contribution is 0.108. The van der Waals surface area contributed by atoms with Gasteiger partial charge in [0.05, 0.1) is 19.3 Å². The number of hydrogen-bond donors (Lipinski definition) is 0. The molecule has 2 fully saturated rings. The van der Waals surface area contributed by atoms with Gasteiger partial charge in [0.2, 0.25) is 0 Å². The van der Waals surface area contributed by atoms with E-state index in [1.54, 1.807) is 7.11 Å². The van der Waals surface area contributed by atoms with Crippen LogP contribution in [0.4, 0.5) is 0 Å². The Morgan fingerprint density at radius 1 is 0.905 bits per heavy atom. The molecule has 0 aliphatic heterocycles. The van der Waals surface area contributed by atoms with Gasteiger partial charge in [-0.15, -0.1) is 0 Å². The molecular weight excluding hydrogens is 264 g/mol. The van der Waals surface area contributed by atoms with Gasteiger partial charge < -0.3 is 14.2 Å². The molecule has 0 spiro atoms. The van der Waals surface area contributed by atoms with E-state index in [9.17, 15) is 0 Å². The van der Waals surface area contributed by atoms with Gasteiger partial charge in [-0.05, 0) is 68.6 Å². The highest BCUT2D eigenvalue weighted by Gasteiger charge is 2.27. The van der Waals surface area contributed by atoms with Crippen LogP contribution in [-0.2, 0) is 4.74 Å². The van der Waals surface area contributed by atoms with Gasteiger partial charge in [0.25, 0.3) is 0 Å². The van der Waals surface area contributed by atoms with E-state index in [1.807, 2.05) is 7.11 Å². The summed E-state index contributed by atoms with van der Waals surface area (Å²) >= 11 is 0. The molecule has 2 aliphatic carbocycles. The number of ether oxygens (including phenoxy) is 3. The fourth-order valence-corrected chi connectivity index (χ4v) is 3.68. The Bertz CT molecular complexity index is 466. The summed E-state index contributed by atoms with van der Waals surface area (Å²) in [7, 11) is 3.53. The van der Waals surface area contributed by atoms with Gasteiger partial charge >= 0.3 is 0 Å². The van der Waals surface area contributed by atoms with Gasteiger partial charge in [-0.2, -0.15) is 0 Å². The zero-order valence-corrected chi connectivity index (χ0v) is 13.1. The normalized spacial score (nSPS) is 26.2. The fraction of sp³-hybridized carbons (Fsp3) is 0.667. The quantitative estimate of drug-likeness (QED) is 0.809. The van der Waals surface area contributed by atoms with Gasteiger partial charge in [-0.3, -0.25) is 0 Å². The molecule has 0 saturated heterocycles. The first kappa shape index (κ1) is 14.7. The second-order valence-corrected chi connectivity index (χ2v) is 6.30. The smallest absolute Gasteiger partial charge is 0.161 e. The molecule has 2 atom stereocenters. The summed E-state index contributed by atoms with van der Waals surface area (Å²) in [4.78, 5) is 0. The molecule has 2 saturated carbocycles. The zero-order valence-electron chi connectivity index (χ0n) is 13.1. The van der Waals surface area contributed by atoms with Crippen molar-refractivity contribution in [3.8, 4) is 11.5 Å². The van der Waals surface area contributed by atoms with Gasteiger partial charge in [0, 0.05) is 7.11 Å². The van der Waals surface area contributed by atoms with E-state index in [1.165, 1.54) is 37.7 Å². The zero-order chi connectivity index (χ0) is 14.7. The molecule has 0 amide bonds. The van der Waals surface area contributed by atoms with E-state index in [-0.39, 0.29) is 0 Å². The summed E-state index contributed by atoms with van der Waals surface area (Å²) in [5.74, 6) is 2.36. The van der Waals surface area contributed by atoms with E-state index in [4.69, 9.17) is 14.2 Å². The highest BCUT2D eigenvalue weighted by molar-refractivity contribution is 5.44. The SMILES string of the molecule is COc1ccc([C@@H]2CC[C@H](OC)C2)cc1OC1CCCC1. The molecule has 0 N–H and O–H groups in total. The third-order valence-electron chi connectivity index (χ3n) is 4.97. The Labute approximate surface area is 127 Å². The molecular formula is C18H26O3. The molecule has 3 heteroatoms. The van der Waals surface area contributed by atoms with Crippen LogP contribution in [0.25, 0.3) is 0 Å². The van der Waals surface area contributed by atoms with Crippen molar-refractivity contribution in [1.29, 1.82) is 0 Å². The Hall–Kier alpha value is -1.22. The molecule has 1 aromatic rings. The molecule has 116 valence electrons. The Morgan fingerprint density at radius 2 is 1.71 bits per heavy atom. The van der Waals surface area contributed by atoms with E-state index < -0.39 is 0 Å². The second-order valence-electron chi connectivity index (χ2n) is 6.30. The maximum atomic E-state index is 6.19. The maximum Gasteiger partial charge on any atom is 0.161 e. The third-order valence-corrected chi connectivity index (χ3v) is 4.97. The summed E-state index contributed by atoms with van der Waals surface area (Å²) in [5.41, 5.74) is 1.36. The van der Waals surface area contributed by atoms with Crippen molar-refractivity contribution >= 4 is 0 Å². The van der Waals surface area contributed by atoms with Crippen LogP contribution >= 0.6 is 0 Å². The van der Waals surface area contributed by atoms with Crippen molar-refractivity contribution in [1.82, 2.24) is 0 Å². The van der Waals surface area contributed by atoms with Crippen LogP contribution in [0.1, 0.15) is 56.4 Å². The van der Waals surface area contributed by atoms with E-state index in [2.05, 4.69) is 18.2 Å². The minimum atomic E-state index is 0.365. The molecule has 0 aromatic heterocycles.